The molecule has 0 bridgehead atoms. The minimum atomic E-state index is -4.37. The number of rotatable bonds is 8. The van der Waals surface area contributed by atoms with E-state index in [1.807, 2.05) is 49.1 Å². The lowest BCUT2D eigenvalue weighted by molar-refractivity contribution is -0.137. The van der Waals surface area contributed by atoms with E-state index in [1.165, 1.54) is 12.1 Å². The Bertz CT molecular complexity index is 1190. The predicted octanol–water partition coefficient (Wildman–Crippen LogP) is 5.13. The number of ether oxygens (including phenoxy) is 1. The third-order valence-corrected chi connectivity index (χ3v) is 6.15. The molecule has 0 aliphatic carbocycles. The van der Waals surface area contributed by atoms with Crippen molar-refractivity contribution in [2.45, 2.75) is 32.5 Å². The number of carbonyl (C=O) groups excluding carboxylic acids is 1. The number of hydrogen-bond donors (Lipinski definition) is 1. The fourth-order valence-electron chi connectivity index (χ4n) is 4.27. The number of alkyl halides is 3. The topological polar surface area (TPSA) is 57.7 Å². The SMILES string of the molecule is CC(C)OCCCNC(=O)c1cc(N2CCN(c3cccc(C(F)(F)F)c3)CC2)nc2ccccc12. The maximum absolute atomic E-state index is 13.1. The van der Waals surface area contributed by atoms with Crippen molar-refractivity contribution >= 4 is 28.3 Å². The van der Waals surface area contributed by atoms with Crippen LogP contribution in [0.2, 0.25) is 0 Å². The van der Waals surface area contributed by atoms with Gasteiger partial charge in [-0.25, -0.2) is 4.98 Å². The molecule has 1 N–H and O–H groups in total. The van der Waals surface area contributed by atoms with Gasteiger partial charge in [0.25, 0.3) is 5.91 Å². The molecule has 1 saturated heterocycles. The molecular weight excluding hydrogens is 469 g/mol. The van der Waals surface area contributed by atoms with E-state index < -0.39 is 11.7 Å². The summed E-state index contributed by atoms with van der Waals surface area (Å²) < 4.78 is 44.9. The fraction of sp³-hybridized carbons (Fsp3) is 0.407. The highest BCUT2D eigenvalue weighted by atomic mass is 19.4. The highest BCUT2D eigenvalue weighted by Gasteiger charge is 2.31. The van der Waals surface area contributed by atoms with Crippen LogP contribution in [0, 0.1) is 0 Å². The van der Waals surface area contributed by atoms with E-state index in [4.69, 9.17) is 9.72 Å². The molecule has 2 heterocycles. The number of amides is 1. The number of fused-ring (bicyclic) bond motifs is 1. The summed E-state index contributed by atoms with van der Waals surface area (Å²) >= 11 is 0. The quantitative estimate of drug-likeness (QED) is 0.435. The molecule has 36 heavy (non-hydrogen) atoms. The highest BCUT2D eigenvalue weighted by Crippen LogP contribution is 2.32. The summed E-state index contributed by atoms with van der Waals surface area (Å²) in [6.45, 7) is 7.29. The molecule has 1 aliphatic heterocycles. The normalized spacial score (nSPS) is 14.5. The van der Waals surface area contributed by atoms with Gasteiger partial charge in [-0.1, -0.05) is 24.3 Å². The average molecular weight is 501 g/mol. The van der Waals surface area contributed by atoms with Crippen LogP contribution in [-0.2, 0) is 10.9 Å². The van der Waals surface area contributed by atoms with Crippen LogP contribution in [0.4, 0.5) is 24.7 Å². The Balaban J connectivity index is 1.46. The number of carbonyl (C=O) groups is 1. The van der Waals surface area contributed by atoms with Crippen molar-refractivity contribution in [2.75, 3.05) is 49.1 Å². The van der Waals surface area contributed by atoms with Gasteiger partial charge in [0.15, 0.2) is 0 Å². The first-order valence-corrected chi connectivity index (χ1v) is 12.2. The largest absolute Gasteiger partial charge is 0.416 e. The summed E-state index contributed by atoms with van der Waals surface area (Å²) in [5.41, 5.74) is 1.19. The highest BCUT2D eigenvalue weighted by molar-refractivity contribution is 6.07. The first kappa shape index (κ1) is 25.8. The summed E-state index contributed by atoms with van der Waals surface area (Å²) in [4.78, 5) is 21.8. The molecule has 0 atom stereocenters. The second-order valence-corrected chi connectivity index (χ2v) is 9.10. The van der Waals surface area contributed by atoms with Crippen LogP contribution >= 0.6 is 0 Å². The van der Waals surface area contributed by atoms with Crippen molar-refractivity contribution in [2.24, 2.45) is 0 Å². The Labute approximate surface area is 209 Å². The summed E-state index contributed by atoms with van der Waals surface area (Å²) in [5, 5.41) is 3.75. The second-order valence-electron chi connectivity index (χ2n) is 9.10. The van der Waals surface area contributed by atoms with Crippen LogP contribution < -0.4 is 15.1 Å². The van der Waals surface area contributed by atoms with Gasteiger partial charge < -0.3 is 19.9 Å². The molecule has 6 nitrogen and oxygen atoms in total. The lowest BCUT2D eigenvalue weighted by Gasteiger charge is -2.37. The maximum Gasteiger partial charge on any atom is 0.416 e. The third-order valence-electron chi connectivity index (χ3n) is 6.15. The van der Waals surface area contributed by atoms with Gasteiger partial charge in [-0.05, 0) is 50.6 Å². The molecule has 4 rings (SSSR count). The second kappa shape index (κ2) is 11.2. The number of pyridine rings is 1. The Hall–Kier alpha value is -3.33. The number of halogens is 3. The monoisotopic (exact) mass is 500 g/mol. The van der Waals surface area contributed by atoms with Gasteiger partial charge in [-0.2, -0.15) is 13.2 Å². The molecule has 2 aromatic carbocycles. The zero-order valence-corrected chi connectivity index (χ0v) is 20.5. The number of anilines is 2. The average Bonchev–Trinajstić information content (AvgIpc) is 2.87. The van der Waals surface area contributed by atoms with Crippen molar-refractivity contribution in [3.8, 4) is 0 Å². The first-order chi connectivity index (χ1) is 17.2. The number of hydrogen-bond acceptors (Lipinski definition) is 5. The summed E-state index contributed by atoms with van der Waals surface area (Å²) in [7, 11) is 0. The number of nitrogens with zero attached hydrogens (tertiary/aromatic N) is 3. The van der Waals surface area contributed by atoms with Gasteiger partial charge >= 0.3 is 6.18 Å². The van der Waals surface area contributed by atoms with Crippen molar-refractivity contribution in [3.63, 3.8) is 0 Å². The van der Waals surface area contributed by atoms with Gasteiger partial charge in [0.05, 0.1) is 22.7 Å². The molecule has 3 aromatic rings. The molecule has 9 heteroatoms. The van der Waals surface area contributed by atoms with E-state index in [2.05, 4.69) is 10.2 Å². The smallest absolute Gasteiger partial charge is 0.379 e. The minimum absolute atomic E-state index is 0.154. The predicted molar refractivity (Wildman–Crippen MR) is 136 cm³/mol. The van der Waals surface area contributed by atoms with Crippen LogP contribution in [0.25, 0.3) is 10.9 Å². The third kappa shape index (κ3) is 6.26. The number of nitrogens with one attached hydrogen (secondary N) is 1. The number of aromatic nitrogens is 1. The van der Waals surface area contributed by atoms with Crippen LogP contribution in [0.1, 0.15) is 36.2 Å². The van der Waals surface area contributed by atoms with Crippen LogP contribution in [0.15, 0.2) is 54.6 Å². The molecule has 0 saturated carbocycles. The van der Waals surface area contributed by atoms with Crippen molar-refractivity contribution in [1.82, 2.24) is 10.3 Å². The summed E-state index contributed by atoms with van der Waals surface area (Å²) in [6.07, 6.45) is -3.50. The van der Waals surface area contributed by atoms with Gasteiger partial charge in [-0.15, -0.1) is 0 Å². The Kier molecular flexibility index (Phi) is 7.98. The number of para-hydroxylation sites is 1. The fourth-order valence-corrected chi connectivity index (χ4v) is 4.27. The molecule has 0 unspecified atom stereocenters. The number of benzene rings is 2. The lowest BCUT2D eigenvalue weighted by atomic mass is 10.1. The maximum atomic E-state index is 13.1. The Morgan fingerprint density at radius 1 is 1.03 bits per heavy atom. The molecule has 1 aromatic heterocycles. The summed E-state index contributed by atoms with van der Waals surface area (Å²) in [6, 6.07) is 14.8. The standard InChI is InChI=1S/C27H31F3N4O2/c1-19(2)36-16-6-11-31-26(35)23-18-25(32-24-10-4-3-9-22(23)24)34-14-12-33(13-15-34)21-8-5-7-20(17-21)27(28,29)30/h3-5,7-10,17-19H,6,11-16H2,1-2H3,(H,31,35). The van der Waals surface area contributed by atoms with E-state index in [9.17, 15) is 18.0 Å². The van der Waals surface area contributed by atoms with Crippen molar-refractivity contribution < 1.29 is 22.7 Å². The minimum Gasteiger partial charge on any atom is -0.379 e. The van der Waals surface area contributed by atoms with Crippen LogP contribution in [0.5, 0.6) is 0 Å². The van der Waals surface area contributed by atoms with Gasteiger partial charge in [0.2, 0.25) is 0 Å². The van der Waals surface area contributed by atoms with Crippen LogP contribution in [-0.4, -0.2) is 56.3 Å². The van der Waals surface area contributed by atoms with Gasteiger partial charge in [0.1, 0.15) is 5.82 Å². The summed E-state index contributed by atoms with van der Waals surface area (Å²) in [5.74, 6) is 0.521. The Morgan fingerprint density at radius 3 is 2.47 bits per heavy atom. The Morgan fingerprint density at radius 2 is 1.75 bits per heavy atom. The molecule has 1 amide bonds. The first-order valence-electron chi connectivity index (χ1n) is 12.2. The molecule has 0 spiro atoms. The zero-order valence-electron chi connectivity index (χ0n) is 20.5. The van der Waals surface area contributed by atoms with E-state index in [1.54, 1.807) is 6.07 Å². The molecule has 0 radical (unpaired) electrons. The molecular formula is C27H31F3N4O2. The van der Waals surface area contributed by atoms with E-state index in [-0.39, 0.29) is 12.0 Å². The number of piperazine rings is 1. The van der Waals surface area contributed by atoms with Gasteiger partial charge in [0, 0.05) is 50.4 Å². The van der Waals surface area contributed by atoms with E-state index in [0.717, 1.165) is 23.4 Å². The van der Waals surface area contributed by atoms with Crippen molar-refractivity contribution in [3.05, 3.63) is 65.7 Å². The van der Waals surface area contributed by atoms with Gasteiger partial charge in [-0.3, -0.25) is 4.79 Å². The molecule has 1 aliphatic rings. The lowest BCUT2D eigenvalue weighted by Crippen LogP contribution is -2.47. The molecule has 192 valence electrons. The van der Waals surface area contributed by atoms with Crippen molar-refractivity contribution in [1.29, 1.82) is 0 Å². The van der Waals surface area contributed by atoms with Crippen LogP contribution in [0.3, 0.4) is 0 Å². The zero-order chi connectivity index (χ0) is 25.7. The van der Waals surface area contributed by atoms with E-state index in [0.29, 0.717) is 56.4 Å². The van der Waals surface area contributed by atoms with E-state index >= 15 is 0 Å². The molecule has 1 fully saturated rings.